The average Bonchev–Trinajstić information content (AvgIpc) is 3.35. The van der Waals surface area contributed by atoms with Crippen LogP contribution in [0.25, 0.3) is 10.9 Å². The summed E-state index contributed by atoms with van der Waals surface area (Å²) < 4.78 is 0. The second kappa shape index (κ2) is 16.0. The number of carboxylic acids is 2. The Bertz CT molecular complexity index is 1290. The predicted molar refractivity (Wildman–Crippen MR) is 155 cm³/mol. The van der Waals surface area contributed by atoms with Crippen molar-refractivity contribution >= 4 is 46.5 Å². The molecule has 0 aliphatic carbocycles. The number of guanidine groups is 1. The fourth-order valence-corrected chi connectivity index (χ4v) is 4.20. The number of fused-ring (bicyclic) bond motifs is 1. The summed E-state index contributed by atoms with van der Waals surface area (Å²) in [5.74, 6) is -5.57. The first-order valence-corrected chi connectivity index (χ1v) is 13.6. The summed E-state index contributed by atoms with van der Waals surface area (Å²) in [4.78, 5) is 69.6. The molecule has 0 radical (unpaired) electrons. The Balaban J connectivity index is 2.21. The van der Waals surface area contributed by atoms with Crippen molar-refractivity contribution in [2.75, 3.05) is 6.54 Å². The van der Waals surface area contributed by atoms with E-state index in [1.165, 1.54) is 0 Å². The molecule has 15 heteroatoms. The zero-order chi connectivity index (χ0) is 31.4. The van der Waals surface area contributed by atoms with Gasteiger partial charge in [0.15, 0.2) is 5.96 Å². The van der Waals surface area contributed by atoms with E-state index >= 15 is 0 Å². The number of hydrogen-bond acceptors (Lipinski definition) is 7. The molecule has 12 N–H and O–H groups in total. The van der Waals surface area contributed by atoms with Crippen molar-refractivity contribution < 1.29 is 34.2 Å². The molecule has 0 fully saturated rings. The fourth-order valence-electron chi connectivity index (χ4n) is 4.20. The van der Waals surface area contributed by atoms with E-state index in [4.69, 9.17) is 17.2 Å². The van der Waals surface area contributed by atoms with Crippen LogP contribution in [0.5, 0.6) is 0 Å². The van der Waals surface area contributed by atoms with Gasteiger partial charge in [-0.15, -0.1) is 0 Å². The first kappa shape index (κ1) is 33.5. The van der Waals surface area contributed by atoms with Crippen LogP contribution in [0.1, 0.15) is 45.1 Å². The van der Waals surface area contributed by atoms with Crippen LogP contribution >= 0.6 is 0 Å². The van der Waals surface area contributed by atoms with E-state index in [2.05, 4.69) is 25.9 Å². The van der Waals surface area contributed by atoms with Crippen LogP contribution in [0.4, 0.5) is 0 Å². The number of hydrogen-bond donors (Lipinski definition) is 9. The molecule has 42 heavy (non-hydrogen) atoms. The number of aliphatic imine (C=N–C) groups is 1. The molecule has 0 saturated heterocycles. The van der Waals surface area contributed by atoms with E-state index in [1.54, 1.807) is 25.3 Å². The maximum atomic E-state index is 13.2. The Labute approximate surface area is 242 Å². The molecule has 0 bridgehead atoms. The number of aromatic nitrogens is 1. The third-order valence-corrected chi connectivity index (χ3v) is 6.86. The van der Waals surface area contributed by atoms with Crippen LogP contribution in [0, 0.1) is 5.92 Å². The highest BCUT2D eigenvalue weighted by Crippen LogP contribution is 2.19. The average molecular weight is 589 g/mol. The van der Waals surface area contributed by atoms with Gasteiger partial charge in [0.1, 0.15) is 18.1 Å². The number of amides is 3. The molecule has 15 nitrogen and oxygen atoms in total. The number of benzene rings is 1. The third kappa shape index (κ3) is 10.1. The fraction of sp³-hybridized carbons (Fsp3) is 0.481. The van der Waals surface area contributed by atoms with Gasteiger partial charge in [0.2, 0.25) is 17.7 Å². The van der Waals surface area contributed by atoms with E-state index in [-0.39, 0.29) is 37.7 Å². The monoisotopic (exact) mass is 588 g/mol. The summed E-state index contributed by atoms with van der Waals surface area (Å²) >= 11 is 0. The molecule has 2 aromatic rings. The molecule has 230 valence electrons. The summed E-state index contributed by atoms with van der Waals surface area (Å²) in [6, 6.07) is 2.03. The predicted octanol–water partition coefficient (Wildman–Crippen LogP) is -0.849. The van der Waals surface area contributed by atoms with E-state index in [9.17, 15) is 34.2 Å². The Morgan fingerprint density at radius 2 is 1.57 bits per heavy atom. The summed E-state index contributed by atoms with van der Waals surface area (Å²) in [6.07, 6.45) is 1.61. The molecule has 0 aliphatic rings. The Kier molecular flexibility index (Phi) is 12.7. The Morgan fingerprint density at radius 1 is 0.952 bits per heavy atom. The first-order chi connectivity index (χ1) is 19.8. The lowest BCUT2D eigenvalue weighted by molar-refractivity contribution is -0.143. The van der Waals surface area contributed by atoms with Gasteiger partial charge >= 0.3 is 11.9 Å². The van der Waals surface area contributed by atoms with Crippen molar-refractivity contribution in [2.24, 2.45) is 28.1 Å². The molecular formula is C27H40N8O7. The summed E-state index contributed by atoms with van der Waals surface area (Å²) in [6.45, 7) is 3.78. The van der Waals surface area contributed by atoms with Crippen molar-refractivity contribution in [1.82, 2.24) is 20.9 Å². The molecule has 1 heterocycles. The van der Waals surface area contributed by atoms with Crippen molar-refractivity contribution in [3.8, 4) is 0 Å². The van der Waals surface area contributed by atoms with E-state index in [0.717, 1.165) is 10.9 Å². The van der Waals surface area contributed by atoms with E-state index in [0.29, 0.717) is 12.0 Å². The van der Waals surface area contributed by atoms with Crippen molar-refractivity contribution in [1.29, 1.82) is 0 Å². The molecule has 0 saturated carbocycles. The molecule has 1 aromatic carbocycles. The zero-order valence-electron chi connectivity index (χ0n) is 23.6. The lowest BCUT2D eigenvalue weighted by Gasteiger charge is -2.25. The minimum Gasteiger partial charge on any atom is -0.481 e. The van der Waals surface area contributed by atoms with Gasteiger partial charge in [-0.3, -0.25) is 24.2 Å². The third-order valence-electron chi connectivity index (χ3n) is 6.86. The van der Waals surface area contributed by atoms with Gasteiger partial charge in [0.05, 0.1) is 12.5 Å². The number of nitrogens with one attached hydrogen (secondary N) is 4. The largest absolute Gasteiger partial charge is 0.481 e. The highest BCUT2D eigenvalue weighted by Gasteiger charge is 2.32. The number of rotatable bonds is 17. The van der Waals surface area contributed by atoms with Crippen molar-refractivity contribution in [3.63, 3.8) is 0 Å². The maximum Gasteiger partial charge on any atom is 0.326 e. The number of aliphatic carboxylic acids is 2. The van der Waals surface area contributed by atoms with E-state index < -0.39 is 60.2 Å². The smallest absolute Gasteiger partial charge is 0.326 e. The molecule has 1 aromatic heterocycles. The number of nitrogens with two attached hydrogens (primary N) is 3. The van der Waals surface area contributed by atoms with Gasteiger partial charge in [0, 0.05) is 30.1 Å². The van der Waals surface area contributed by atoms with Crippen molar-refractivity contribution in [2.45, 2.75) is 70.1 Å². The Morgan fingerprint density at radius 3 is 2.19 bits per heavy atom. The SMILES string of the molecule is CCC(C)C(N)C(=O)NC(CCCN=C(N)N)C(=O)NC(CC(=O)O)C(=O)NC(Cc1c[nH]c2ccccc12)C(=O)O. The number of para-hydroxylation sites is 1. The number of carboxylic acid groups (broad SMARTS) is 2. The first-order valence-electron chi connectivity index (χ1n) is 13.6. The standard InChI is InChI=1S/C27H40N8O7/c1-3-14(2)22(28)25(40)33-18(9-6-10-31-27(29)30)23(38)34-19(12-21(36)37)24(39)35-20(26(41)42)11-15-13-32-17-8-5-4-7-16(15)17/h4-5,7-8,13-14,18-20,22,32H,3,6,9-12,28H2,1-2H3,(H,33,40)(H,34,38)(H,35,39)(H,36,37)(H,41,42)(H4,29,30,31). The second-order valence-electron chi connectivity index (χ2n) is 10.0. The molecule has 0 aliphatic heterocycles. The van der Waals surface area contributed by atoms with Gasteiger partial charge in [0.25, 0.3) is 0 Å². The normalized spacial score (nSPS) is 14.5. The topological polar surface area (TPSA) is 268 Å². The van der Waals surface area contributed by atoms with Gasteiger partial charge in [-0.05, 0) is 30.4 Å². The lowest BCUT2D eigenvalue weighted by atomic mass is 9.98. The zero-order valence-corrected chi connectivity index (χ0v) is 23.6. The molecule has 3 amide bonds. The second-order valence-corrected chi connectivity index (χ2v) is 10.0. The van der Waals surface area contributed by atoms with Crippen LogP contribution in [0.3, 0.4) is 0 Å². The number of aromatic amines is 1. The number of H-pyrrole nitrogens is 1. The molecule has 5 unspecified atom stereocenters. The molecule has 5 atom stereocenters. The minimum atomic E-state index is -1.64. The Hall–Kier alpha value is -4.66. The molecule has 2 rings (SSSR count). The highest BCUT2D eigenvalue weighted by atomic mass is 16.4. The summed E-state index contributed by atoms with van der Waals surface area (Å²) in [5, 5.41) is 27.2. The van der Waals surface area contributed by atoms with Gasteiger partial charge in [-0.25, -0.2) is 4.79 Å². The summed E-state index contributed by atoms with van der Waals surface area (Å²) in [5.41, 5.74) is 18.1. The summed E-state index contributed by atoms with van der Waals surface area (Å²) in [7, 11) is 0. The van der Waals surface area contributed by atoms with Gasteiger partial charge in [-0.2, -0.15) is 0 Å². The minimum absolute atomic E-state index is 0.0430. The van der Waals surface area contributed by atoms with Crippen LogP contribution in [-0.4, -0.2) is 81.5 Å². The van der Waals surface area contributed by atoms with Gasteiger partial charge in [-0.1, -0.05) is 38.5 Å². The van der Waals surface area contributed by atoms with Crippen molar-refractivity contribution in [3.05, 3.63) is 36.0 Å². The van der Waals surface area contributed by atoms with Crippen LogP contribution in [0.15, 0.2) is 35.5 Å². The van der Waals surface area contributed by atoms with Crippen LogP contribution < -0.4 is 33.2 Å². The van der Waals surface area contributed by atoms with Gasteiger partial charge < -0.3 is 48.3 Å². The lowest BCUT2D eigenvalue weighted by Crippen LogP contribution is -2.58. The van der Waals surface area contributed by atoms with Crippen LogP contribution in [-0.2, 0) is 30.4 Å². The quantitative estimate of drug-likeness (QED) is 0.0627. The number of nitrogens with zero attached hydrogens (tertiary/aromatic N) is 1. The van der Waals surface area contributed by atoms with E-state index in [1.807, 2.05) is 19.1 Å². The molecule has 0 spiro atoms. The number of carbonyl (C=O) groups is 5. The molecular weight excluding hydrogens is 548 g/mol. The maximum absolute atomic E-state index is 13.2. The van der Waals surface area contributed by atoms with Crippen LogP contribution in [0.2, 0.25) is 0 Å². The number of carbonyl (C=O) groups excluding carboxylic acids is 3. The highest BCUT2D eigenvalue weighted by molar-refractivity contribution is 5.96.